The van der Waals surface area contributed by atoms with E-state index in [1.54, 1.807) is 12.1 Å². The Morgan fingerprint density at radius 1 is 1.22 bits per heavy atom. The van der Waals surface area contributed by atoms with Gasteiger partial charge in [-0.1, -0.05) is 30.3 Å². The zero-order valence-corrected chi connectivity index (χ0v) is 13.4. The van der Waals surface area contributed by atoms with E-state index in [0.29, 0.717) is 24.4 Å². The van der Waals surface area contributed by atoms with E-state index in [4.69, 9.17) is 4.74 Å². The van der Waals surface area contributed by atoms with Crippen molar-refractivity contribution < 1.29 is 14.6 Å². The number of hydrogen-bond donors (Lipinski definition) is 2. The van der Waals surface area contributed by atoms with Crippen LogP contribution in [-0.4, -0.2) is 28.6 Å². The second kappa shape index (κ2) is 8.29. The highest BCUT2D eigenvalue weighted by molar-refractivity contribution is 5.93. The van der Waals surface area contributed by atoms with Gasteiger partial charge in [0, 0.05) is 18.8 Å². The Bertz CT molecular complexity index is 612. The average molecular weight is 314 g/mol. The van der Waals surface area contributed by atoms with Gasteiger partial charge in [-0.25, -0.2) is 4.98 Å². The Kier molecular flexibility index (Phi) is 6.11. The highest BCUT2D eigenvalue weighted by atomic mass is 16.5. The largest absolute Gasteiger partial charge is 0.475 e. The van der Waals surface area contributed by atoms with Gasteiger partial charge < -0.3 is 15.2 Å². The summed E-state index contributed by atoms with van der Waals surface area (Å²) < 4.78 is 5.43. The van der Waals surface area contributed by atoms with Crippen LogP contribution in [0.15, 0.2) is 48.7 Å². The van der Waals surface area contributed by atoms with Crippen LogP contribution in [-0.2, 0) is 0 Å². The molecule has 5 heteroatoms. The Hall–Kier alpha value is -2.40. The summed E-state index contributed by atoms with van der Waals surface area (Å²) in [6, 6.07) is 12.7. The monoisotopic (exact) mass is 314 g/mol. The number of rotatable bonds is 7. The maximum Gasteiger partial charge on any atom is 0.252 e. The van der Waals surface area contributed by atoms with Crippen molar-refractivity contribution in [1.82, 2.24) is 10.3 Å². The molecule has 0 aliphatic heterocycles. The minimum Gasteiger partial charge on any atom is -0.475 e. The highest BCUT2D eigenvalue weighted by Gasteiger charge is 2.10. The number of nitrogens with zero attached hydrogens (tertiary/aromatic N) is 1. The van der Waals surface area contributed by atoms with E-state index in [-0.39, 0.29) is 12.0 Å². The summed E-state index contributed by atoms with van der Waals surface area (Å²) >= 11 is 0. The molecular formula is C18H22N2O3. The predicted molar refractivity (Wildman–Crippen MR) is 88.4 cm³/mol. The fourth-order valence-electron chi connectivity index (χ4n) is 2.09. The zero-order chi connectivity index (χ0) is 16.7. The van der Waals surface area contributed by atoms with E-state index in [2.05, 4.69) is 10.3 Å². The van der Waals surface area contributed by atoms with E-state index in [0.717, 1.165) is 5.56 Å². The zero-order valence-electron chi connectivity index (χ0n) is 13.4. The van der Waals surface area contributed by atoms with Crippen molar-refractivity contribution in [2.45, 2.75) is 32.5 Å². The molecule has 0 aliphatic rings. The number of amides is 1. The van der Waals surface area contributed by atoms with Crippen molar-refractivity contribution in [3.05, 3.63) is 59.8 Å². The van der Waals surface area contributed by atoms with E-state index in [1.807, 2.05) is 44.2 Å². The first-order valence-electron chi connectivity index (χ1n) is 7.70. The van der Waals surface area contributed by atoms with Gasteiger partial charge in [0.15, 0.2) is 0 Å². The van der Waals surface area contributed by atoms with Crippen LogP contribution in [0.2, 0.25) is 0 Å². The summed E-state index contributed by atoms with van der Waals surface area (Å²) in [6.07, 6.45) is 1.40. The van der Waals surface area contributed by atoms with Crippen LogP contribution in [0.4, 0.5) is 0 Å². The summed E-state index contributed by atoms with van der Waals surface area (Å²) in [6.45, 7) is 4.22. The number of nitrogens with one attached hydrogen (secondary N) is 1. The second-order valence-corrected chi connectivity index (χ2v) is 5.52. The van der Waals surface area contributed by atoms with Crippen molar-refractivity contribution in [2.24, 2.45) is 0 Å². The number of pyridine rings is 1. The summed E-state index contributed by atoms with van der Waals surface area (Å²) in [5, 5.41) is 12.8. The Labute approximate surface area is 136 Å². The van der Waals surface area contributed by atoms with E-state index in [1.165, 1.54) is 6.20 Å². The number of aromatic nitrogens is 1. The van der Waals surface area contributed by atoms with Gasteiger partial charge in [0.1, 0.15) is 0 Å². The first-order chi connectivity index (χ1) is 11.1. The molecule has 122 valence electrons. The van der Waals surface area contributed by atoms with Crippen molar-refractivity contribution in [1.29, 1.82) is 0 Å². The van der Waals surface area contributed by atoms with Crippen molar-refractivity contribution in [3.8, 4) is 5.88 Å². The van der Waals surface area contributed by atoms with Crippen LogP contribution in [0.3, 0.4) is 0 Å². The Morgan fingerprint density at radius 2 is 1.96 bits per heavy atom. The molecule has 1 amide bonds. The van der Waals surface area contributed by atoms with Gasteiger partial charge in [-0.2, -0.15) is 0 Å². The van der Waals surface area contributed by atoms with Gasteiger partial charge in [-0.15, -0.1) is 0 Å². The fraction of sp³-hybridized carbons (Fsp3) is 0.333. The van der Waals surface area contributed by atoms with E-state index in [9.17, 15) is 9.90 Å². The molecule has 0 saturated carbocycles. The topological polar surface area (TPSA) is 71.5 Å². The third-order valence-electron chi connectivity index (χ3n) is 3.24. The third kappa shape index (κ3) is 5.38. The van der Waals surface area contributed by atoms with Gasteiger partial charge in [-0.3, -0.25) is 4.79 Å². The number of carbonyl (C=O) groups excluding carboxylic acids is 1. The Morgan fingerprint density at radius 3 is 2.57 bits per heavy atom. The molecule has 1 aromatic carbocycles. The molecule has 1 heterocycles. The van der Waals surface area contributed by atoms with Crippen molar-refractivity contribution >= 4 is 5.91 Å². The number of carbonyl (C=O) groups is 1. The molecule has 1 atom stereocenters. The van der Waals surface area contributed by atoms with Gasteiger partial charge >= 0.3 is 0 Å². The maximum atomic E-state index is 12.0. The van der Waals surface area contributed by atoms with Crippen LogP contribution in [0.1, 0.15) is 42.3 Å². The summed E-state index contributed by atoms with van der Waals surface area (Å²) in [7, 11) is 0. The number of ether oxygens (including phenoxy) is 1. The number of benzene rings is 1. The lowest BCUT2D eigenvalue weighted by atomic mass is 10.1. The summed E-state index contributed by atoms with van der Waals surface area (Å²) in [4.78, 5) is 16.1. The molecule has 2 aromatic rings. The Balaban J connectivity index is 1.80. The molecule has 0 aliphatic carbocycles. The minimum atomic E-state index is -0.587. The first kappa shape index (κ1) is 17.0. The number of aliphatic hydroxyl groups is 1. The molecule has 1 aromatic heterocycles. The summed E-state index contributed by atoms with van der Waals surface area (Å²) in [5.74, 6) is 0.282. The van der Waals surface area contributed by atoms with Gasteiger partial charge in [0.2, 0.25) is 5.88 Å². The van der Waals surface area contributed by atoms with Crippen LogP contribution in [0, 0.1) is 0 Å². The molecule has 0 saturated heterocycles. The molecule has 2 N–H and O–H groups in total. The predicted octanol–water partition coefficient (Wildman–Crippen LogP) is 2.72. The van der Waals surface area contributed by atoms with E-state index < -0.39 is 6.10 Å². The average Bonchev–Trinajstić information content (AvgIpc) is 2.55. The van der Waals surface area contributed by atoms with Crippen molar-refractivity contribution in [2.75, 3.05) is 6.54 Å². The standard InChI is InChI=1S/C18H22N2O3/c1-13(2)23-17-9-8-15(12-20-17)18(22)19-11-10-16(21)14-6-4-3-5-7-14/h3-9,12-13,16,21H,10-11H2,1-2H3,(H,19,22). The quantitative estimate of drug-likeness (QED) is 0.824. The molecule has 0 radical (unpaired) electrons. The minimum absolute atomic E-state index is 0.0432. The molecule has 1 unspecified atom stereocenters. The fourth-order valence-corrected chi connectivity index (χ4v) is 2.09. The maximum absolute atomic E-state index is 12.0. The molecule has 2 rings (SSSR count). The molecule has 0 bridgehead atoms. The lowest BCUT2D eigenvalue weighted by molar-refractivity contribution is 0.0942. The van der Waals surface area contributed by atoms with Gasteiger partial charge in [0.25, 0.3) is 5.91 Å². The molecule has 5 nitrogen and oxygen atoms in total. The lowest BCUT2D eigenvalue weighted by Crippen LogP contribution is -2.25. The molecule has 0 spiro atoms. The van der Waals surface area contributed by atoms with Crippen LogP contribution >= 0.6 is 0 Å². The molecule has 23 heavy (non-hydrogen) atoms. The van der Waals surface area contributed by atoms with Crippen LogP contribution in [0.25, 0.3) is 0 Å². The second-order valence-electron chi connectivity index (χ2n) is 5.52. The first-order valence-corrected chi connectivity index (χ1v) is 7.70. The SMILES string of the molecule is CC(C)Oc1ccc(C(=O)NCCC(O)c2ccccc2)cn1. The highest BCUT2D eigenvalue weighted by Crippen LogP contribution is 2.15. The third-order valence-corrected chi connectivity index (χ3v) is 3.24. The van der Waals surface area contributed by atoms with Gasteiger partial charge in [0.05, 0.1) is 17.8 Å². The van der Waals surface area contributed by atoms with E-state index >= 15 is 0 Å². The molecule has 0 fully saturated rings. The molecular weight excluding hydrogens is 292 g/mol. The summed E-state index contributed by atoms with van der Waals surface area (Å²) in [5.41, 5.74) is 1.31. The van der Waals surface area contributed by atoms with Crippen LogP contribution < -0.4 is 10.1 Å². The number of aliphatic hydroxyl groups excluding tert-OH is 1. The lowest BCUT2D eigenvalue weighted by Gasteiger charge is -2.12. The number of hydrogen-bond acceptors (Lipinski definition) is 4. The van der Waals surface area contributed by atoms with Crippen LogP contribution in [0.5, 0.6) is 5.88 Å². The van der Waals surface area contributed by atoms with Crippen molar-refractivity contribution in [3.63, 3.8) is 0 Å². The smallest absolute Gasteiger partial charge is 0.252 e. The normalized spacial score (nSPS) is 12.0. The van der Waals surface area contributed by atoms with Gasteiger partial charge in [-0.05, 0) is 31.9 Å².